The van der Waals surface area contributed by atoms with Gasteiger partial charge < -0.3 is 0 Å². The van der Waals surface area contributed by atoms with E-state index in [1.807, 2.05) is 32.0 Å². The van der Waals surface area contributed by atoms with Gasteiger partial charge in [0.05, 0.1) is 11.6 Å². The van der Waals surface area contributed by atoms with Crippen molar-refractivity contribution in [2.75, 3.05) is 13.1 Å². The molecule has 1 aromatic carbocycles. The van der Waals surface area contributed by atoms with E-state index < -0.39 is 0 Å². The zero-order valence-corrected chi connectivity index (χ0v) is 11.8. The van der Waals surface area contributed by atoms with E-state index in [0.717, 1.165) is 18.0 Å². The summed E-state index contributed by atoms with van der Waals surface area (Å²) in [5.74, 6) is 0.794. The van der Waals surface area contributed by atoms with Crippen molar-refractivity contribution in [2.45, 2.75) is 40.2 Å². The molecule has 0 spiro atoms. The van der Waals surface area contributed by atoms with E-state index in [0.29, 0.717) is 0 Å². The van der Waals surface area contributed by atoms with Gasteiger partial charge in [0.1, 0.15) is 0 Å². The molecule has 2 rings (SSSR count). The highest BCUT2D eigenvalue weighted by Crippen LogP contribution is 2.19. The molecule has 98 valence electrons. The largest absolute Gasteiger partial charge is 0.299 e. The van der Waals surface area contributed by atoms with Crippen LogP contribution in [0, 0.1) is 17.2 Å². The Balaban J connectivity index is 0.000000771. The summed E-state index contributed by atoms with van der Waals surface area (Å²) < 4.78 is 0. The maximum atomic E-state index is 9.03. The Morgan fingerprint density at radius 2 is 2.06 bits per heavy atom. The van der Waals surface area contributed by atoms with Crippen molar-refractivity contribution in [3.8, 4) is 6.07 Å². The van der Waals surface area contributed by atoms with Crippen LogP contribution in [0.3, 0.4) is 0 Å². The van der Waals surface area contributed by atoms with Crippen molar-refractivity contribution < 1.29 is 0 Å². The molecule has 2 heteroatoms. The van der Waals surface area contributed by atoms with Crippen LogP contribution in [-0.2, 0) is 6.54 Å². The van der Waals surface area contributed by atoms with E-state index in [1.165, 1.54) is 31.5 Å². The first-order valence-corrected chi connectivity index (χ1v) is 7.00. The molecule has 2 nitrogen and oxygen atoms in total. The summed E-state index contributed by atoms with van der Waals surface area (Å²) in [6.45, 7) is 9.57. The van der Waals surface area contributed by atoms with Gasteiger partial charge in [0.15, 0.2) is 0 Å². The summed E-state index contributed by atoms with van der Waals surface area (Å²) in [7, 11) is 0. The number of piperidine rings is 1. The second kappa shape index (κ2) is 7.89. The third-order valence-electron chi connectivity index (χ3n) is 3.27. The van der Waals surface area contributed by atoms with Gasteiger partial charge >= 0.3 is 0 Å². The molecule has 0 amide bonds. The summed E-state index contributed by atoms with van der Waals surface area (Å²) in [6, 6.07) is 10.2. The number of hydrogen-bond donors (Lipinski definition) is 0. The Morgan fingerprint density at radius 3 is 2.72 bits per heavy atom. The number of hydrogen-bond acceptors (Lipinski definition) is 2. The molecule has 1 saturated heterocycles. The van der Waals surface area contributed by atoms with Gasteiger partial charge in [-0.05, 0) is 36.9 Å². The van der Waals surface area contributed by atoms with Gasteiger partial charge in [-0.25, -0.2) is 0 Å². The zero-order valence-electron chi connectivity index (χ0n) is 11.8. The van der Waals surface area contributed by atoms with Crippen LogP contribution in [0.4, 0.5) is 0 Å². The van der Waals surface area contributed by atoms with Crippen LogP contribution in [0.1, 0.15) is 44.7 Å². The SMILES string of the molecule is CC.CC1CCCN(Cc2ccccc2C#N)C1. The molecule has 1 heterocycles. The Labute approximate surface area is 111 Å². The highest BCUT2D eigenvalue weighted by molar-refractivity contribution is 5.37. The molecule has 1 unspecified atom stereocenters. The minimum atomic E-state index is 0.794. The van der Waals surface area contributed by atoms with Crippen molar-refractivity contribution in [3.05, 3.63) is 35.4 Å². The first-order chi connectivity index (χ1) is 8.79. The lowest BCUT2D eigenvalue weighted by atomic mass is 9.99. The fourth-order valence-corrected chi connectivity index (χ4v) is 2.44. The second-order valence-corrected chi connectivity index (χ2v) is 4.75. The van der Waals surface area contributed by atoms with E-state index in [1.54, 1.807) is 0 Å². The quantitative estimate of drug-likeness (QED) is 0.791. The van der Waals surface area contributed by atoms with Gasteiger partial charge in [0, 0.05) is 13.1 Å². The third-order valence-corrected chi connectivity index (χ3v) is 3.27. The van der Waals surface area contributed by atoms with Gasteiger partial charge in [0.25, 0.3) is 0 Å². The molecule has 1 atom stereocenters. The number of nitriles is 1. The standard InChI is InChI=1S/C14H18N2.C2H6/c1-12-5-4-8-16(10-12)11-14-7-3-2-6-13(14)9-15;1-2/h2-3,6-7,12H,4-5,8,10-11H2,1H3;1-2H3. The molecule has 0 N–H and O–H groups in total. The van der Waals surface area contributed by atoms with Crippen LogP contribution < -0.4 is 0 Å². The van der Waals surface area contributed by atoms with Crippen molar-refractivity contribution in [3.63, 3.8) is 0 Å². The zero-order chi connectivity index (χ0) is 13.4. The Hall–Kier alpha value is -1.33. The first kappa shape index (κ1) is 14.7. The molecule has 0 aliphatic carbocycles. The normalized spacial score (nSPS) is 19.6. The third kappa shape index (κ3) is 4.16. The Bertz CT molecular complexity index is 392. The minimum absolute atomic E-state index is 0.794. The maximum absolute atomic E-state index is 9.03. The predicted molar refractivity (Wildman–Crippen MR) is 76.2 cm³/mol. The smallest absolute Gasteiger partial charge is 0.0995 e. The highest BCUT2D eigenvalue weighted by Gasteiger charge is 2.16. The first-order valence-electron chi connectivity index (χ1n) is 7.00. The lowest BCUT2D eigenvalue weighted by molar-refractivity contribution is 0.176. The summed E-state index contributed by atoms with van der Waals surface area (Å²) in [6.07, 6.45) is 2.63. The molecule has 0 bridgehead atoms. The van der Waals surface area contributed by atoms with Crippen LogP contribution in [0.15, 0.2) is 24.3 Å². The lowest BCUT2D eigenvalue weighted by Gasteiger charge is -2.31. The topological polar surface area (TPSA) is 27.0 Å². The van der Waals surface area contributed by atoms with Crippen molar-refractivity contribution in [1.29, 1.82) is 5.26 Å². The average molecular weight is 244 g/mol. The maximum Gasteiger partial charge on any atom is 0.0995 e. The monoisotopic (exact) mass is 244 g/mol. The van der Waals surface area contributed by atoms with Gasteiger partial charge in [-0.3, -0.25) is 4.90 Å². The Morgan fingerprint density at radius 1 is 1.33 bits per heavy atom. The van der Waals surface area contributed by atoms with Crippen molar-refractivity contribution in [2.24, 2.45) is 5.92 Å². The van der Waals surface area contributed by atoms with Gasteiger partial charge in [0.2, 0.25) is 0 Å². The number of likely N-dealkylation sites (tertiary alicyclic amines) is 1. The summed E-state index contributed by atoms with van der Waals surface area (Å²) in [5.41, 5.74) is 1.99. The van der Waals surface area contributed by atoms with E-state index >= 15 is 0 Å². The molecule has 1 aromatic rings. The van der Waals surface area contributed by atoms with Gasteiger partial charge in [-0.1, -0.05) is 39.0 Å². The van der Waals surface area contributed by atoms with Crippen LogP contribution >= 0.6 is 0 Å². The van der Waals surface area contributed by atoms with Gasteiger partial charge in [-0.15, -0.1) is 0 Å². The number of benzene rings is 1. The van der Waals surface area contributed by atoms with Crippen molar-refractivity contribution in [1.82, 2.24) is 4.90 Å². The predicted octanol–water partition coefficient (Wildman–Crippen LogP) is 3.82. The van der Waals surface area contributed by atoms with E-state index in [9.17, 15) is 0 Å². The minimum Gasteiger partial charge on any atom is -0.299 e. The van der Waals surface area contributed by atoms with Crippen LogP contribution in [-0.4, -0.2) is 18.0 Å². The average Bonchev–Trinajstić information content (AvgIpc) is 2.42. The van der Waals surface area contributed by atoms with Crippen molar-refractivity contribution >= 4 is 0 Å². The van der Waals surface area contributed by atoms with Crippen LogP contribution in [0.5, 0.6) is 0 Å². The summed E-state index contributed by atoms with van der Waals surface area (Å²) in [5, 5.41) is 9.03. The number of nitrogens with zero attached hydrogens (tertiary/aromatic N) is 2. The highest BCUT2D eigenvalue weighted by atomic mass is 15.1. The fourth-order valence-electron chi connectivity index (χ4n) is 2.44. The van der Waals surface area contributed by atoms with E-state index in [4.69, 9.17) is 5.26 Å². The second-order valence-electron chi connectivity index (χ2n) is 4.75. The van der Waals surface area contributed by atoms with Crippen LogP contribution in [0.25, 0.3) is 0 Å². The fraction of sp³-hybridized carbons (Fsp3) is 0.562. The summed E-state index contributed by atoms with van der Waals surface area (Å²) >= 11 is 0. The van der Waals surface area contributed by atoms with E-state index in [-0.39, 0.29) is 0 Å². The number of rotatable bonds is 2. The lowest BCUT2D eigenvalue weighted by Crippen LogP contribution is -2.33. The molecule has 1 fully saturated rings. The molecule has 18 heavy (non-hydrogen) atoms. The molecular weight excluding hydrogens is 220 g/mol. The van der Waals surface area contributed by atoms with Gasteiger partial charge in [-0.2, -0.15) is 5.26 Å². The summed E-state index contributed by atoms with van der Waals surface area (Å²) in [4.78, 5) is 2.46. The molecule has 0 saturated carbocycles. The molecule has 0 aromatic heterocycles. The molecule has 0 radical (unpaired) electrons. The molecule has 1 aliphatic heterocycles. The molecule has 1 aliphatic rings. The van der Waals surface area contributed by atoms with E-state index in [2.05, 4.69) is 24.0 Å². The van der Waals surface area contributed by atoms with Crippen LogP contribution in [0.2, 0.25) is 0 Å². The molecular formula is C16H24N2. The Kier molecular flexibility index (Phi) is 6.46.